The molecule has 0 radical (unpaired) electrons. The van der Waals surface area contributed by atoms with Gasteiger partial charge in [0.15, 0.2) is 0 Å². The van der Waals surface area contributed by atoms with E-state index in [1.807, 2.05) is 13.8 Å². The number of hydrogen-bond acceptors (Lipinski definition) is 3. The first kappa shape index (κ1) is 11.9. The maximum atomic E-state index is 12.3. The van der Waals surface area contributed by atoms with Crippen LogP contribution in [-0.2, 0) is 4.74 Å². The van der Waals surface area contributed by atoms with Crippen LogP contribution in [0.5, 0.6) is 5.75 Å². The molecular formula is C13H17NO3. The van der Waals surface area contributed by atoms with Crippen LogP contribution in [0.2, 0.25) is 0 Å². The molecule has 92 valence electrons. The number of rotatable bonds is 1. The van der Waals surface area contributed by atoms with Crippen molar-refractivity contribution < 1.29 is 14.6 Å². The van der Waals surface area contributed by atoms with E-state index in [0.29, 0.717) is 18.7 Å². The molecule has 1 heterocycles. The summed E-state index contributed by atoms with van der Waals surface area (Å²) in [6.07, 6.45) is 0.0426. The fourth-order valence-electron chi connectivity index (χ4n) is 2.00. The summed E-state index contributed by atoms with van der Waals surface area (Å²) in [4.78, 5) is 14.0. The first-order valence-electron chi connectivity index (χ1n) is 5.80. The SMILES string of the molecule is CC1CN(C(=O)c2ccccc2O)C(C)CO1. The van der Waals surface area contributed by atoms with Crippen LogP contribution >= 0.6 is 0 Å². The van der Waals surface area contributed by atoms with E-state index < -0.39 is 0 Å². The molecule has 2 rings (SSSR count). The second kappa shape index (κ2) is 4.75. The van der Waals surface area contributed by atoms with Gasteiger partial charge in [-0.15, -0.1) is 0 Å². The molecule has 4 heteroatoms. The molecule has 1 amide bonds. The molecule has 0 aromatic heterocycles. The Hall–Kier alpha value is -1.55. The Morgan fingerprint density at radius 3 is 2.82 bits per heavy atom. The summed E-state index contributed by atoms with van der Waals surface area (Å²) in [6, 6.07) is 6.67. The van der Waals surface area contributed by atoms with Gasteiger partial charge in [-0.05, 0) is 26.0 Å². The number of amides is 1. The van der Waals surface area contributed by atoms with E-state index in [1.165, 1.54) is 6.07 Å². The molecule has 1 fully saturated rings. The number of nitrogens with zero attached hydrogens (tertiary/aromatic N) is 1. The second-order valence-electron chi connectivity index (χ2n) is 4.47. The molecule has 0 bridgehead atoms. The summed E-state index contributed by atoms with van der Waals surface area (Å²) >= 11 is 0. The van der Waals surface area contributed by atoms with Crippen molar-refractivity contribution in [3.63, 3.8) is 0 Å². The quantitative estimate of drug-likeness (QED) is 0.805. The minimum Gasteiger partial charge on any atom is -0.507 e. The van der Waals surface area contributed by atoms with Crippen LogP contribution in [0.15, 0.2) is 24.3 Å². The van der Waals surface area contributed by atoms with Crippen molar-refractivity contribution in [1.29, 1.82) is 0 Å². The number of benzene rings is 1. The largest absolute Gasteiger partial charge is 0.507 e. The standard InChI is InChI=1S/C13H17NO3/c1-9-8-17-10(2)7-14(9)13(16)11-5-3-4-6-12(11)15/h3-6,9-10,15H,7-8H2,1-2H3. The van der Waals surface area contributed by atoms with Crippen molar-refractivity contribution in [3.8, 4) is 5.75 Å². The molecule has 1 aliphatic rings. The fourth-order valence-corrected chi connectivity index (χ4v) is 2.00. The van der Waals surface area contributed by atoms with Gasteiger partial charge in [0.25, 0.3) is 5.91 Å². The zero-order valence-corrected chi connectivity index (χ0v) is 10.1. The molecule has 1 aromatic rings. The monoisotopic (exact) mass is 235 g/mol. The van der Waals surface area contributed by atoms with Gasteiger partial charge in [-0.3, -0.25) is 4.79 Å². The Kier molecular flexibility index (Phi) is 3.33. The predicted molar refractivity (Wildman–Crippen MR) is 64.0 cm³/mol. The Morgan fingerprint density at radius 1 is 1.41 bits per heavy atom. The van der Waals surface area contributed by atoms with E-state index in [9.17, 15) is 9.90 Å². The first-order valence-corrected chi connectivity index (χ1v) is 5.80. The summed E-state index contributed by atoms with van der Waals surface area (Å²) in [5, 5.41) is 9.68. The van der Waals surface area contributed by atoms with E-state index in [-0.39, 0.29) is 23.8 Å². The fraction of sp³-hybridized carbons (Fsp3) is 0.462. The maximum absolute atomic E-state index is 12.3. The second-order valence-corrected chi connectivity index (χ2v) is 4.47. The van der Waals surface area contributed by atoms with Crippen molar-refractivity contribution in [3.05, 3.63) is 29.8 Å². The number of ether oxygens (including phenoxy) is 1. The summed E-state index contributed by atoms with van der Waals surface area (Å²) < 4.78 is 5.48. The smallest absolute Gasteiger partial charge is 0.258 e. The summed E-state index contributed by atoms with van der Waals surface area (Å²) in [5.41, 5.74) is 0.355. The number of hydrogen-bond donors (Lipinski definition) is 1. The maximum Gasteiger partial charge on any atom is 0.258 e. The normalized spacial score (nSPS) is 24.7. The molecule has 1 saturated heterocycles. The number of carbonyl (C=O) groups excluding carboxylic acids is 1. The van der Waals surface area contributed by atoms with Gasteiger partial charge >= 0.3 is 0 Å². The Bertz CT molecular complexity index is 419. The highest BCUT2D eigenvalue weighted by Gasteiger charge is 2.29. The van der Waals surface area contributed by atoms with Crippen molar-refractivity contribution in [2.24, 2.45) is 0 Å². The van der Waals surface area contributed by atoms with E-state index >= 15 is 0 Å². The van der Waals surface area contributed by atoms with E-state index in [2.05, 4.69) is 0 Å². The van der Waals surface area contributed by atoms with Crippen LogP contribution in [-0.4, -0.2) is 41.2 Å². The van der Waals surface area contributed by atoms with Crippen LogP contribution < -0.4 is 0 Å². The lowest BCUT2D eigenvalue weighted by molar-refractivity contribution is -0.0387. The van der Waals surface area contributed by atoms with Gasteiger partial charge in [0, 0.05) is 6.54 Å². The Morgan fingerprint density at radius 2 is 2.12 bits per heavy atom. The minimum atomic E-state index is -0.134. The molecule has 17 heavy (non-hydrogen) atoms. The topological polar surface area (TPSA) is 49.8 Å². The average Bonchev–Trinajstić information content (AvgIpc) is 2.32. The van der Waals surface area contributed by atoms with Crippen LogP contribution in [0.1, 0.15) is 24.2 Å². The van der Waals surface area contributed by atoms with Gasteiger partial charge in [-0.2, -0.15) is 0 Å². The third-order valence-corrected chi connectivity index (χ3v) is 3.00. The van der Waals surface area contributed by atoms with Crippen molar-refractivity contribution >= 4 is 5.91 Å². The molecule has 1 aliphatic heterocycles. The van der Waals surface area contributed by atoms with E-state index in [4.69, 9.17) is 4.74 Å². The highest BCUT2D eigenvalue weighted by atomic mass is 16.5. The van der Waals surface area contributed by atoms with Gasteiger partial charge in [-0.25, -0.2) is 0 Å². The van der Waals surface area contributed by atoms with Gasteiger partial charge in [0.05, 0.1) is 24.3 Å². The molecule has 2 unspecified atom stereocenters. The highest BCUT2D eigenvalue weighted by Crippen LogP contribution is 2.21. The zero-order valence-electron chi connectivity index (χ0n) is 10.1. The number of phenolic OH excluding ortho intramolecular Hbond substituents is 1. The third kappa shape index (κ3) is 2.42. The molecule has 2 atom stereocenters. The van der Waals surface area contributed by atoms with E-state index in [0.717, 1.165) is 0 Å². The average molecular weight is 235 g/mol. The zero-order chi connectivity index (χ0) is 12.4. The molecule has 1 aromatic carbocycles. The number of carbonyl (C=O) groups is 1. The number of morpholine rings is 1. The molecule has 4 nitrogen and oxygen atoms in total. The lowest BCUT2D eigenvalue weighted by atomic mass is 10.1. The van der Waals surface area contributed by atoms with Gasteiger partial charge in [0.1, 0.15) is 5.75 Å². The molecule has 1 N–H and O–H groups in total. The number of phenols is 1. The highest BCUT2D eigenvalue weighted by molar-refractivity contribution is 5.97. The predicted octanol–water partition coefficient (Wildman–Crippen LogP) is 1.64. The van der Waals surface area contributed by atoms with Crippen LogP contribution in [0, 0.1) is 0 Å². The molecule has 0 spiro atoms. The van der Waals surface area contributed by atoms with Crippen LogP contribution in [0.25, 0.3) is 0 Å². The van der Waals surface area contributed by atoms with Gasteiger partial charge < -0.3 is 14.7 Å². The van der Waals surface area contributed by atoms with Gasteiger partial charge in [-0.1, -0.05) is 12.1 Å². The van der Waals surface area contributed by atoms with Crippen molar-refractivity contribution in [2.45, 2.75) is 26.0 Å². The number of para-hydroxylation sites is 1. The third-order valence-electron chi connectivity index (χ3n) is 3.00. The Balaban J connectivity index is 2.22. The lowest BCUT2D eigenvalue weighted by Crippen LogP contribution is -2.50. The van der Waals surface area contributed by atoms with Crippen molar-refractivity contribution in [2.75, 3.05) is 13.2 Å². The first-order chi connectivity index (χ1) is 8.09. The van der Waals surface area contributed by atoms with Crippen LogP contribution in [0.3, 0.4) is 0 Å². The Labute approximate surface area is 101 Å². The molecular weight excluding hydrogens is 218 g/mol. The van der Waals surface area contributed by atoms with Crippen molar-refractivity contribution in [1.82, 2.24) is 4.90 Å². The summed E-state index contributed by atoms with van der Waals surface area (Å²) in [7, 11) is 0. The molecule has 0 aliphatic carbocycles. The van der Waals surface area contributed by atoms with E-state index in [1.54, 1.807) is 23.1 Å². The number of aromatic hydroxyl groups is 1. The van der Waals surface area contributed by atoms with Crippen LogP contribution in [0.4, 0.5) is 0 Å². The summed E-state index contributed by atoms with van der Waals surface area (Å²) in [5.74, 6) is -0.102. The van der Waals surface area contributed by atoms with Gasteiger partial charge in [0.2, 0.25) is 0 Å². The minimum absolute atomic E-state index is 0.0313. The lowest BCUT2D eigenvalue weighted by Gasteiger charge is -2.36. The molecule has 0 saturated carbocycles. The summed E-state index contributed by atoms with van der Waals surface area (Å²) in [6.45, 7) is 5.00.